The summed E-state index contributed by atoms with van der Waals surface area (Å²) in [6.45, 7) is 15.1. The molecule has 0 saturated carbocycles. The summed E-state index contributed by atoms with van der Waals surface area (Å²) >= 11 is 0. The second-order valence-electron chi connectivity index (χ2n) is 4.24. The molecule has 1 fully saturated rings. The van der Waals surface area contributed by atoms with Crippen molar-refractivity contribution in [2.24, 2.45) is 0 Å². The van der Waals surface area contributed by atoms with Crippen LogP contribution in [0.1, 0.15) is 46.0 Å². The minimum absolute atomic E-state index is 1.36. The van der Waals surface area contributed by atoms with Crippen LogP contribution in [-0.4, -0.2) is 30.7 Å². The lowest BCUT2D eigenvalue weighted by Gasteiger charge is -2.33. The SMILES string of the molecule is CCCCC[N+]1(CC)CCCC1.[C-]#N. The summed E-state index contributed by atoms with van der Waals surface area (Å²) in [4.78, 5) is 0. The maximum absolute atomic E-state index is 6.25. The third-order valence-corrected chi connectivity index (χ3v) is 3.42. The van der Waals surface area contributed by atoms with Crippen molar-refractivity contribution < 1.29 is 4.48 Å². The summed E-state index contributed by atoms with van der Waals surface area (Å²) in [5.74, 6) is 0. The summed E-state index contributed by atoms with van der Waals surface area (Å²) in [5, 5.41) is 6.25. The van der Waals surface area contributed by atoms with Gasteiger partial charge in [-0.05, 0) is 19.8 Å². The quantitative estimate of drug-likeness (QED) is 0.377. The molecule has 0 aromatic heterocycles. The molecule has 1 aliphatic heterocycles. The topological polar surface area (TPSA) is 23.8 Å². The van der Waals surface area contributed by atoms with Crippen LogP contribution in [0, 0.1) is 11.8 Å². The molecular formula is C12H24N2. The van der Waals surface area contributed by atoms with Gasteiger partial charge < -0.3 is 16.3 Å². The Balaban J connectivity index is 0.000000791. The lowest BCUT2D eigenvalue weighted by molar-refractivity contribution is -0.915. The molecular weight excluding hydrogens is 172 g/mol. The fourth-order valence-corrected chi connectivity index (χ4v) is 2.40. The van der Waals surface area contributed by atoms with E-state index >= 15 is 0 Å². The summed E-state index contributed by atoms with van der Waals surface area (Å²) in [6, 6.07) is 0. The zero-order chi connectivity index (χ0) is 10.9. The van der Waals surface area contributed by atoms with E-state index in [0.29, 0.717) is 0 Å². The highest BCUT2D eigenvalue weighted by atomic mass is 15.4. The van der Waals surface area contributed by atoms with Gasteiger partial charge in [-0.3, -0.25) is 0 Å². The Labute approximate surface area is 89.1 Å². The number of unbranched alkanes of at least 4 members (excludes halogenated alkanes) is 2. The van der Waals surface area contributed by atoms with Crippen LogP contribution in [0.4, 0.5) is 0 Å². The van der Waals surface area contributed by atoms with E-state index in [-0.39, 0.29) is 0 Å². The van der Waals surface area contributed by atoms with Crippen molar-refractivity contribution in [3.8, 4) is 0 Å². The lowest BCUT2D eigenvalue weighted by atomic mass is 10.2. The smallest absolute Gasteiger partial charge is 0.0788 e. The maximum Gasteiger partial charge on any atom is 0.0788 e. The third-order valence-electron chi connectivity index (χ3n) is 3.42. The number of hydrogen-bond donors (Lipinski definition) is 0. The summed E-state index contributed by atoms with van der Waals surface area (Å²) in [5.41, 5.74) is 0. The standard InChI is InChI=1S/C11H24N.CN/c1-3-5-6-9-12(4-2)10-7-8-11-12;1-2/h3-11H2,1-2H3;/q+1;-1. The van der Waals surface area contributed by atoms with Gasteiger partial charge in [0.1, 0.15) is 0 Å². The van der Waals surface area contributed by atoms with Gasteiger partial charge in [0.2, 0.25) is 0 Å². The van der Waals surface area contributed by atoms with Crippen LogP contribution in [0.2, 0.25) is 0 Å². The van der Waals surface area contributed by atoms with Gasteiger partial charge in [0.05, 0.1) is 26.2 Å². The highest BCUT2D eigenvalue weighted by Gasteiger charge is 2.28. The third kappa shape index (κ3) is 4.11. The predicted molar refractivity (Wildman–Crippen MR) is 59.1 cm³/mol. The minimum atomic E-state index is 1.36. The molecule has 14 heavy (non-hydrogen) atoms. The Morgan fingerprint density at radius 3 is 2.07 bits per heavy atom. The summed E-state index contributed by atoms with van der Waals surface area (Å²) in [6.07, 6.45) is 7.19. The van der Waals surface area contributed by atoms with Crippen LogP contribution in [-0.2, 0) is 0 Å². The van der Waals surface area contributed by atoms with Crippen molar-refractivity contribution in [2.45, 2.75) is 46.0 Å². The predicted octanol–water partition coefficient (Wildman–Crippen LogP) is 2.90. The van der Waals surface area contributed by atoms with E-state index in [1.807, 2.05) is 0 Å². The molecule has 1 saturated heterocycles. The van der Waals surface area contributed by atoms with E-state index in [0.717, 1.165) is 0 Å². The first kappa shape index (κ1) is 13.4. The van der Waals surface area contributed by atoms with Gasteiger partial charge in [0, 0.05) is 12.8 Å². The number of rotatable bonds is 5. The van der Waals surface area contributed by atoms with E-state index in [4.69, 9.17) is 11.8 Å². The Kier molecular flexibility index (Phi) is 7.51. The van der Waals surface area contributed by atoms with E-state index in [9.17, 15) is 0 Å². The molecule has 2 nitrogen and oxygen atoms in total. The van der Waals surface area contributed by atoms with E-state index in [2.05, 4.69) is 13.8 Å². The van der Waals surface area contributed by atoms with Crippen LogP contribution in [0.15, 0.2) is 0 Å². The largest absolute Gasteiger partial charge is 0.512 e. The molecule has 82 valence electrons. The van der Waals surface area contributed by atoms with Gasteiger partial charge >= 0.3 is 0 Å². The zero-order valence-corrected chi connectivity index (χ0v) is 9.76. The molecule has 1 rings (SSSR count). The summed E-state index contributed by atoms with van der Waals surface area (Å²) < 4.78 is 1.43. The minimum Gasteiger partial charge on any atom is -0.512 e. The monoisotopic (exact) mass is 196 g/mol. The Bertz CT molecular complexity index is 146. The Morgan fingerprint density at radius 1 is 1.07 bits per heavy atom. The van der Waals surface area contributed by atoms with Crippen molar-refractivity contribution in [2.75, 3.05) is 26.2 Å². The highest BCUT2D eigenvalue weighted by molar-refractivity contribution is 4.54. The van der Waals surface area contributed by atoms with E-state index in [1.54, 1.807) is 0 Å². The van der Waals surface area contributed by atoms with Crippen LogP contribution in [0.25, 0.3) is 0 Å². The number of hydrogen-bond acceptors (Lipinski definition) is 1. The van der Waals surface area contributed by atoms with Crippen LogP contribution >= 0.6 is 0 Å². The van der Waals surface area contributed by atoms with Gasteiger partial charge in [0.25, 0.3) is 0 Å². The Hall–Kier alpha value is -0.550. The van der Waals surface area contributed by atoms with Gasteiger partial charge in [-0.1, -0.05) is 13.3 Å². The molecule has 0 aromatic carbocycles. The number of likely N-dealkylation sites (tertiary alicyclic amines) is 1. The summed E-state index contributed by atoms with van der Waals surface area (Å²) in [7, 11) is 0. The maximum atomic E-state index is 6.25. The molecule has 1 heterocycles. The van der Waals surface area contributed by atoms with Gasteiger partial charge in [-0.2, -0.15) is 0 Å². The number of quaternary nitrogens is 1. The lowest BCUT2D eigenvalue weighted by Crippen LogP contribution is -2.45. The first-order valence-corrected chi connectivity index (χ1v) is 5.90. The van der Waals surface area contributed by atoms with Crippen molar-refractivity contribution in [1.82, 2.24) is 0 Å². The molecule has 0 radical (unpaired) electrons. The fourth-order valence-electron chi connectivity index (χ4n) is 2.40. The van der Waals surface area contributed by atoms with E-state index in [1.165, 1.54) is 62.8 Å². The van der Waals surface area contributed by atoms with Gasteiger partial charge in [-0.15, -0.1) is 0 Å². The van der Waals surface area contributed by atoms with Crippen molar-refractivity contribution in [1.29, 1.82) is 5.26 Å². The average Bonchev–Trinajstić information content (AvgIpc) is 2.71. The zero-order valence-electron chi connectivity index (χ0n) is 9.76. The molecule has 1 aliphatic rings. The van der Waals surface area contributed by atoms with Crippen LogP contribution in [0.5, 0.6) is 0 Å². The second-order valence-corrected chi connectivity index (χ2v) is 4.24. The fraction of sp³-hybridized carbons (Fsp3) is 0.917. The Morgan fingerprint density at radius 2 is 1.64 bits per heavy atom. The molecule has 0 spiro atoms. The molecule has 0 N–H and O–H groups in total. The second kappa shape index (κ2) is 7.82. The number of nitrogens with zero attached hydrogens (tertiary/aromatic N) is 2. The van der Waals surface area contributed by atoms with Crippen molar-refractivity contribution >= 4 is 0 Å². The molecule has 2 heteroatoms. The highest BCUT2D eigenvalue weighted by Crippen LogP contribution is 2.20. The first-order chi connectivity index (χ1) is 6.83. The van der Waals surface area contributed by atoms with Crippen molar-refractivity contribution in [3.05, 3.63) is 6.57 Å². The molecule has 0 aliphatic carbocycles. The van der Waals surface area contributed by atoms with Crippen LogP contribution in [0.3, 0.4) is 0 Å². The van der Waals surface area contributed by atoms with Gasteiger partial charge in [-0.25, -0.2) is 0 Å². The molecule has 0 amide bonds. The molecule has 0 unspecified atom stereocenters. The van der Waals surface area contributed by atoms with Gasteiger partial charge in [0.15, 0.2) is 0 Å². The average molecular weight is 196 g/mol. The molecule has 0 bridgehead atoms. The first-order valence-electron chi connectivity index (χ1n) is 5.90. The van der Waals surface area contributed by atoms with E-state index < -0.39 is 0 Å². The molecule has 0 aromatic rings. The normalized spacial score (nSPS) is 18.6. The van der Waals surface area contributed by atoms with Crippen molar-refractivity contribution in [3.63, 3.8) is 0 Å². The molecule has 0 atom stereocenters. The van der Waals surface area contributed by atoms with Crippen LogP contribution < -0.4 is 0 Å².